The van der Waals surface area contributed by atoms with Crippen LogP contribution in [0.1, 0.15) is 5.56 Å². The molecule has 5 heterocycles. The van der Waals surface area contributed by atoms with Gasteiger partial charge in [0.25, 0.3) is 0 Å². The highest BCUT2D eigenvalue weighted by molar-refractivity contribution is 7.24. The normalized spacial score (nSPS) is 13.1. The molecule has 5 rings (SSSR count). The van der Waals surface area contributed by atoms with Gasteiger partial charge in [-0.15, -0.1) is 4.57 Å². The lowest BCUT2D eigenvalue weighted by Crippen LogP contribution is -2.29. The highest BCUT2D eigenvalue weighted by Gasteiger charge is 2.35. The van der Waals surface area contributed by atoms with E-state index in [1.54, 1.807) is 11.3 Å². The summed E-state index contributed by atoms with van der Waals surface area (Å²) in [5, 5.41) is 1.10. The second-order valence-corrected chi connectivity index (χ2v) is 5.60. The molecule has 4 aromatic rings. The fraction of sp³-hybridized carbons (Fsp3) is 0.0714. The topological polar surface area (TPSA) is 42.8 Å². The Balaban J connectivity index is 1.93. The van der Waals surface area contributed by atoms with Crippen molar-refractivity contribution in [2.24, 2.45) is 0 Å². The summed E-state index contributed by atoms with van der Waals surface area (Å²) in [5.74, 6) is 0.935. The van der Waals surface area contributed by atoms with Crippen LogP contribution in [0.15, 0.2) is 41.2 Å². The third-order valence-corrected chi connectivity index (χ3v) is 4.67. The molecule has 0 radical (unpaired) electrons. The summed E-state index contributed by atoms with van der Waals surface area (Å²) in [6.07, 6.45) is 5.54. The SMILES string of the molecule is c1cnc2sc3c(oc4[n+]3Cc3cnccc3-4)c2c1. The van der Waals surface area contributed by atoms with E-state index < -0.39 is 0 Å². The van der Waals surface area contributed by atoms with Gasteiger partial charge in [0.15, 0.2) is 6.54 Å². The first kappa shape index (κ1) is 9.63. The average Bonchev–Trinajstić information content (AvgIpc) is 3.07. The molecule has 0 aliphatic carbocycles. The maximum absolute atomic E-state index is 6.10. The van der Waals surface area contributed by atoms with Gasteiger partial charge in [-0.1, -0.05) is 0 Å². The predicted octanol–water partition coefficient (Wildman–Crippen LogP) is 2.75. The number of pyridine rings is 2. The fourth-order valence-corrected chi connectivity index (χ4v) is 3.76. The van der Waals surface area contributed by atoms with Crippen molar-refractivity contribution in [1.82, 2.24) is 9.97 Å². The molecule has 0 fully saturated rings. The number of rotatable bonds is 0. The molecule has 4 aromatic heterocycles. The molecule has 0 aromatic carbocycles. The number of nitrogens with zero attached hydrogens (tertiary/aromatic N) is 3. The summed E-state index contributed by atoms with van der Waals surface area (Å²) in [7, 11) is 0. The smallest absolute Gasteiger partial charge is 0.383 e. The van der Waals surface area contributed by atoms with E-state index in [-0.39, 0.29) is 0 Å². The minimum Gasteiger partial charge on any atom is -0.396 e. The highest BCUT2D eigenvalue weighted by atomic mass is 32.1. The van der Waals surface area contributed by atoms with Crippen molar-refractivity contribution in [1.29, 1.82) is 0 Å². The fourth-order valence-electron chi connectivity index (χ4n) is 2.69. The molecule has 5 heteroatoms. The molecule has 0 unspecified atom stereocenters. The lowest BCUT2D eigenvalue weighted by Gasteiger charge is -1.88. The van der Waals surface area contributed by atoms with E-state index in [0.717, 1.165) is 38.6 Å². The van der Waals surface area contributed by atoms with Gasteiger partial charge in [-0.25, -0.2) is 4.98 Å². The molecule has 19 heavy (non-hydrogen) atoms. The van der Waals surface area contributed by atoms with Crippen molar-refractivity contribution in [3.05, 3.63) is 42.4 Å². The lowest BCUT2D eigenvalue weighted by atomic mass is 10.2. The van der Waals surface area contributed by atoms with E-state index in [2.05, 4.69) is 20.6 Å². The number of hydrogen-bond acceptors (Lipinski definition) is 4. The average molecular weight is 266 g/mol. The zero-order valence-electron chi connectivity index (χ0n) is 9.83. The standard InChI is InChI=1S/C14H8N3OS/c1-2-10-11-14(19-12(10)16-4-1)17-7-8-6-15-5-3-9(8)13(17)18-11/h1-6H,7H2/q+1. The first-order chi connectivity index (χ1) is 9.42. The molecular weight excluding hydrogens is 258 g/mol. The van der Waals surface area contributed by atoms with Gasteiger partial charge >= 0.3 is 10.7 Å². The molecule has 0 spiro atoms. The van der Waals surface area contributed by atoms with Crippen LogP contribution in [0.4, 0.5) is 0 Å². The van der Waals surface area contributed by atoms with Crippen LogP contribution in [0.5, 0.6) is 0 Å². The van der Waals surface area contributed by atoms with Gasteiger partial charge in [0.2, 0.25) is 5.58 Å². The van der Waals surface area contributed by atoms with Crippen LogP contribution in [0.25, 0.3) is 32.1 Å². The number of hydrogen-bond donors (Lipinski definition) is 0. The zero-order valence-corrected chi connectivity index (χ0v) is 10.6. The van der Waals surface area contributed by atoms with Gasteiger partial charge < -0.3 is 4.42 Å². The molecule has 0 N–H and O–H groups in total. The van der Waals surface area contributed by atoms with E-state index in [9.17, 15) is 0 Å². The van der Waals surface area contributed by atoms with Crippen LogP contribution < -0.4 is 4.57 Å². The van der Waals surface area contributed by atoms with E-state index in [1.807, 2.05) is 30.7 Å². The van der Waals surface area contributed by atoms with Crippen LogP contribution in [0, 0.1) is 0 Å². The van der Waals surface area contributed by atoms with Gasteiger partial charge in [-0.3, -0.25) is 4.98 Å². The van der Waals surface area contributed by atoms with Crippen molar-refractivity contribution in [3.8, 4) is 11.5 Å². The van der Waals surface area contributed by atoms with Crippen molar-refractivity contribution < 1.29 is 8.98 Å². The molecule has 0 bridgehead atoms. The van der Waals surface area contributed by atoms with Gasteiger partial charge in [0.05, 0.1) is 16.5 Å². The lowest BCUT2D eigenvalue weighted by molar-refractivity contribution is -0.647. The largest absolute Gasteiger partial charge is 0.396 e. The van der Waals surface area contributed by atoms with Gasteiger partial charge in [-0.2, -0.15) is 0 Å². The van der Waals surface area contributed by atoms with Crippen LogP contribution >= 0.6 is 11.3 Å². The Morgan fingerprint density at radius 1 is 1.26 bits per heavy atom. The van der Waals surface area contributed by atoms with Gasteiger partial charge in [0.1, 0.15) is 4.83 Å². The number of oxazole rings is 1. The van der Waals surface area contributed by atoms with Crippen LogP contribution in [-0.2, 0) is 6.54 Å². The summed E-state index contributed by atoms with van der Waals surface area (Å²) in [5.41, 5.74) is 3.31. The summed E-state index contributed by atoms with van der Waals surface area (Å²) < 4.78 is 8.31. The number of aromatic nitrogens is 3. The van der Waals surface area contributed by atoms with Gasteiger partial charge in [0, 0.05) is 18.6 Å². The Kier molecular flexibility index (Phi) is 1.62. The predicted molar refractivity (Wildman–Crippen MR) is 71.9 cm³/mol. The first-order valence-corrected chi connectivity index (χ1v) is 6.86. The van der Waals surface area contributed by atoms with Gasteiger partial charge in [-0.05, 0) is 29.5 Å². The molecule has 0 saturated carbocycles. The van der Waals surface area contributed by atoms with Crippen molar-refractivity contribution >= 4 is 32.0 Å². The molecule has 90 valence electrons. The molecule has 0 amide bonds. The van der Waals surface area contributed by atoms with E-state index in [4.69, 9.17) is 4.42 Å². The van der Waals surface area contributed by atoms with Crippen LogP contribution in [-0.4, -0.2) is 9.97 Å². The Hall–Kier alpha value is -2.27. The summed E-state index contributed by atoms with van der Waals surface area (Å²) in [4.78, 5) is 10.8. The number of fused-ring (bicyclic) bond motifs is 7. The van der Waals surface area contributed by atoms with Crippen LogP contribution in [0.2, 0.25) is 0 Å². The Bertz CT molecular complexity index is 954. The third kappa shape index (κ3) is 1.11. The van der Waals surface area contributed by atoms with E-state index in [1.165, 1.54) is 5.56 Å². The maximum Gasteiger partial charge on any atom is 0.383 e. The summed E-state index contributed by atoms with van der Waals surface area (Å²) in [6, 6.07) is 6.03. The molecule has 0 atom stereocenters. The quantitative estimate of drug-likeness (QED) is 0.405. The van der Waals surface area contributed by atoms with Crippen molar-refractivity contribution in [3.63, 3.8) is 0 Å². The van der Waals surface area contributed by atoms with E-state index >= 15 is 0 Å². The highest BCUT2D eigenvalue weighted by Crippen LogP contribution is 2.37. The molecule has 1 aliphatic heterocycles. The van der Waals surface area contributed by atoms with Crippen molar-refractivity contribution in [2.45, 2.75) is 6.54 Å². The van der Waals surface area contributed by atoms with Crippen LogP contribution in [0.3, 0.4) is 0 Å². The Morgan fingerprint density at radius 3 is 3.26 bits per heavy atom. The number of thiophene rings is 1. The molecule has 4 nitrogen and oxygen atoms in total. The zero-order chi connectivity index (χ0) is 12.4. The minimum absolute atomic E-state index is 0.832. The summed E-state index contributed by atoms with van der Waals surface area (Å²) >= 11 is 1.68. The second-order valence-electron chi connectivity index (χ2n) is 4.62. The van der Waals surface area contributed by atoms with Crippen molar-refractivity contribution in [2.75, 3.05) is 0 Å². The Morgan fingerprint density at radius 2 is 2.26 bits per heavy atom. The maximum atomic E-state index is 6.10. The monoisotopic (exact) mass is 266 g/mol. The minimum atomic E-state index is 0.832. The molecule has 1 aliphatic rings. The summed E-state index contributed by atoms with van der Waals surface area (Å²) in [6.45, 7) is 0.832. The third-order valence-electron chi connectivity index (χ3n) is 3.55. The first-order valence-electron chi connectivity index (χ1n) is 6.05. The molecule has 0 saturated heterocycles. The Labute approximate surface area is 112 Å². The second kappa shape index (κ2) is 3.19. The molecular formula is C14H8N3OS+. The van der Waals surface area contributed by atoms with E-state index in [0.29, 0.717) is 0 Å².